The van der Waals surface area contributed by atoms with E-state index in [0.717, 1.165) is 19.8 Å². The van der Waals surface area contributed by atoms with Crippen molar-refractivity contribution < 1.29 is 9.47 Å². The van der Waals surface area contributed by atoms with Crippen molar-refractivity contribution in [3.05, 3.63) is 0 Å². The summed E-state index contributed by atoms with van der Waals surface area (Å²) in [5, 5.41) is 3.77. The van der Waals surface area contributed by atoms with Crippen LogP contribution in [0.1, 0.15) is 40.5 Å². The van der Waals surface area contributed by atoms with Crippen LogP contribution in [-0.4, -0.2) is 38.0 Å². The first kappa shape index (κ1) is 14.3. The molecule has 0 bridgehead atoms. The van der Waals surface area contributed by atoms with Gasteiger partial charge in [-0.1, -0.05) is 13.8 Å². The zero-order valence-electron chi connectivity index (χ0n) is 12.3. The highest BCUT2D eigenvalue weighted by Crippen LogP contribution is 2.38. The molecule has 106 valence electrons. The Kier molecular flexibility index (Phi) is 5.05. The van der Waals surface area contributed by atoms with Gasteiger partial charge >= 0.3 is 0 Å². The molecule has 2 aliphatic rings. The van der Waals surface area contributed by atoms with E-state index in [0.29, 0.717) is 36.0 Å². The summed E-state index contributed by atoms with van der Waals surface area (Å²) in [7, 11) is 0. The molecule has 3 heteroatoms. The van der Waals surface area contributed by atoms with E-state index >= 15 is 0 Å². The lowest BCUT2D eigenvalue weighted by atomic mass is 9.77. The van der Waals surface area contributed by atoms with Gasteiger partial charge in [-0.2, -0.15) is 0 Å². The summed E-state index contributed by atoms with van der Waals surface area (Å²) in [5.74, 6) is 1.92. The monoisotopic (exact) mass is 255 g/mol. The SMILES string of the molecule is CCCNC(C1CCOC1)C1C(C)OC(C)C1C. The molecule has 0 aromatic carbocycles. The van der Waals surface area contributed by atoms with Crippen LogP contribution >= 0.6 is 0 Å². The highest BCUT2D eigenvalue weighted by molar-refractivity contribution is 4.95. The van der Waals surface area contributed by atoms with Crippen LogP contribution in [0.4, 0.5) is 0 Å². The van der Waals surface area contributed by atoms with Gasteiger partial charge < -0.3 is 14.8 Å². The molecule has 0 aromatic heterocycles. The number of rotatable bonds is 5. The summed E-state index contributed by atoms with van der Waals surface area (Å²) in [6, 6.07) is 0.558. The molecular formula is C15H29NO2. The minimum Gasteiger partial charge on any atom is -0.381 e. The summed E-state index contributed by atoms with van der Waals surface area (Å²) in [6.07, 6.45) is 3.14. The van der Waals surface area contributed by atoms with Gasteiger partial charge in [-0.15, -0.1) is 0 Å². The van der Waals surface area contributed by atoms with Crippen LogP contribution in [0.15, 0.2) is 0 Å². The highest BCUT2D eigenvalue weighted by atomic mass is 16.5. The lowest BCUT2D eigenvalue weighted by Crippen LogP contribution is -2.47. The molecule has 2 saturated heterocycles. The average molecular weight is 255 g/mol. The maximum Gasteiger partial charge on any atom is 0.0597 e. The second-order valence-corrected chi connectivity index (χ2v) is 6.09. The molecule has 0 spiro atoms. The summed E-state index contributed by atoms with van der Waals surface area (Å²) < 4.78 is 11.6. The number of hydrogen-bond acceptors (Lipinski definition) is 3. The first-order chi connectivity index (χ1) is 8.65. The fraction of sp³-hybridized carbons (Fsp3) is 1.00. The predicted molar refractivity (Wildman–Crippen MR) is 73.7 cm³/mol. The topological polar surface area (TPSA) is 30.5 Å². The van der Waals surface area contributed by atoms with Gasteiger partial charge in [0.25, 0.3) is 0 Å². The zero-order chi connectivity index (χ0) is 13.1. The Morgan fingerprint density at radius 3 is 2.50 bits per heavy atom. The molecule has 0 aromatic rings. The van der Waals surface area contributed by atoms with Gasteiger partial charge in [-0.25, -0.2) is 0 Å². The average Bonchev–Trinajstić information content (AvgIpc) is 2.93. The molecule has 0 radical (unpaired) electrons. The van der Waals surface area contributed by atoms with Crippen molar-refractivity contribution in [2.45, 2.75) is 58.8 Å². The smallest absolute Gasteiger partial charge is 0.0597 e. The Morgan fingerprint density at radius 1 is 1.22 bits per heavy atom. The molecule has 2 aliphatic heterocycles. The second-order valence-electron chi connectivity index (χ2n) is 6.09. The fourth-order valence-electron chi connectivity index (χ4n) is 3.68. The summed E-state index contributed by atoms with van der Waals surface area (Å²) >= 11 is 0. The van der Waals surface area contributed by atoms with Gasteiger partial charge in [0.2, 0.25) is 0 Å². The number of hydrogen-bond donors (Lipinski definition) is 1. The third-order valence-electron chi connectivity index (χ3n) is 4.84. The number of nitrogens with one attached hydrogen (secondary N) is 1. The van der Waals surface area contributed by atoms with Crippen molar-refractivity contribution >= 4 is 0 Å². The Balaban J connectivity index is 2.06. The molecule has 2 heterocycles. The lowest BCUT2D eigenvalue weighted by molar-refractivity contribution is 0.0437. The van der Waals surface area contributed by atoms with E-state index in [1.165, 1.54) is 12.8 Å². The molecule has 0 amide bonds. The third kappa shape index (κ3) is 2.89. The molecule has 0 aliphatic carbocycles. The molecule has 3 nitrogen and oxygen atoms in total. The minimum atomic E-state index is 0.366. The van der Waals surface area contributed by atoms with Gasteiger partial charge in [0.05, 0.1) is 18.8 Å². The largest absolute Gasteiger partial charge is 0.381 e. The van der Waals surface area contributed by atoms with Crippen LogP contribution in [0.2, 0.25) is 0 Å². The van der Waals surface area contributed by atoms with Gasteiger partial charge in [0.1, 0.15) is 0 Å². The van der Waals surface area contributed by atoms with E-state index < -0.39 is 0 Å². The molecule has 0 saturated carbocycles. The molecule has 18 heavy (non-hydrogen) atoms. The van der Waals surface area contributed by atoms with E-state index in [1.807, 2.05) is 0 Å². The van der Waals surface area contributed by atoms with Gasteiger partial charge in [-0.05, 0) is 39.2 Å². The van der Waals surface area contributed by atoms with Gasteiger partial charge in [0, 0.05) is 24.5 Å². The highest BCUT2D eigenvalue weighted by Gasteiger charge is 2.44. The van der Waals surface area contributed by atoms with Crippen molar-refractivity contribution in [3.8, 4) is 0 Å². The second kappa shape index (κ2) is 6.36. The maximum absolute atomic E-state index is 6.03. The Labute approximate surface area is 112 Å². The standard InChI is InChI=1S/C15H29NO2/c1-5-7-16-15(13-6-8-17-9-13)14-10(2)11(3)18-12(14)4/h10-16H,5-9H2,1-4H3. The van der Waals surface area contributed by atoms with Crippen LogP contribution in [0.5, 0.6) is 0 Å². The van der Waals surface area contributed by atoms with Crippen molar-refractivity contribution in [2.24, 2.45) is 17.8 Å². The van der Waals surface area contributed by atoms with Crippen molar-refractivity contribution in [3.63, 3.8) is 0 Å². The maximum atomic E-state index is 6.03. The van der Waals surface area contributed by atoms with Crippen LogP contribution in [0, 0.1) is 17.8 Å². The van der Waals surface area contributed by atoms with Crippen LogP contribution in [0.3, 0.4) is 0 Å². The molecule has 6 atom stereocenters. The van der Waals surface area contributed by atoms with Crippen molar-refractivity contribution in [1.29, 1.82) is 0 Å². The van der Waals surface area contributed by atoms with Crippen LogP contribution in [-0.2, 0) is 9.47 Å². The minimum absolute atomic E-state index is 0.366. The lowest BCUT2D eigenvalue weighted by Gasteiger charge is -2.33. The third-order valence-corrected chi connectivity index (χ3v) is 4.84. The Hall–Kier alpha value is -0.120. The van der Waals surface area contributed by atoms with E-state index in [4.69, 9.17) is 9.47 Å². The molecule has 2 rings (SSSR count). The van der Waals surface area contributed by atoms with Gasteiger partial charge in [-0.3, -0.25) is 0 Å². The molecule has 1 N–H and O–H groups in total. The first-order valence-electron chi connectivity index (χ1n) is 7.61. The summed E-state index contributed by atoms with van der Waals surface area (Å²) in [6.45, 7) is 12.0. The predicted octanol–water partition coefficient (Wildman–Crippen LogP) is 2.45. The Morgan fingerprint density at radius 2 is 2.00 bits per heavy atom. The van der Waals surface area contributed by atoms with E-state index in [1.54, 1.807) is 0 Å². The normalized spacial score (nSPS) is 42.3. The van der Waals surface area contributed by atoms with E-state index in [9.17, 15) is 0 Å². The quantitative estimate of drug-likeness (QED) is 0.818. The molecule has 6 unspecified atom stereocenters. The van der Waals surface area contributed by atoms with Crippen LogP contribution in [0.25, 0.3) is 0 Å². The van der Waals surface area contributed by atoms with Crippen molar-refractivity contribution in [2.75, 3.05) is 19.8 Å². The van der Waals surface area contributed by atoms with E-state index in [2.05, 4.69) is 33.0 Å². The Bertz CT molecular complexity index is 253. The van der Waals surface area contributed by atoms with Crippen LogP contribution < -0.4 is 5.32 Å². The first-order valence-corrected chi connectivity index (χ1v) is 7.61. The van der Waals surface area contributed by atoms with E-state index in [-0.39, 0.29) is 0 Å². The summed E-state index contributed by atoms with van der Waals surface area (Å²) in [5.41, 5.74) is 0. The summed E-state index contributed by atoms with van der Waals surface area (Å²) in [4.78, 5) is 0. The molecule has 2 fully saturated rings. The fourth-order valence-corrected chi connectivity index (χ4v) is 3.68. The zero-order valence-corrected chi connectivity index (χ0v) is 12.3. The van der Waals surface area contributed by atoms with Gasteiger partial charge in [0.15, 0.2) is 0 Å². The van der Waals surface area contributed by atoms with Crippen molar-refractivity contribution in [1.82, 2.24) is 5.32 Å². The number of ether oxygens (including phenoxy) is 2. The molecular weight excluding hydrogens is 226 g/mol.